The number of amides is 1. The Morgan fingerprint density at radius 3 is 2.35 bits per heavy atom. The second-order valence-corrected chi connectivity index (χ2v) is 4.98. The van der Waals surface area contributed by atoms with Crippen molar-refractivity contribution in [2.75, 3.05) is 7.05 Å². The third-order valence-corrected chi connectivity index (χ3v) is 3.49. The standard InChI is InChI=1S/C14H17F4NO/c1-4-13(2,12(20)19-3)8-9-5-6-11(15)10(7-9)14(16,17)18/h5-7H,4,8H2,1-3H3,(H,19,20). The van der Waals surface area contributed by atoms with Crippen LogP contribution < -0.4 is 5.32 Å². The quantitative estimate of drug-likeness (QED) is 0.845. The van der Waals surface area contributed by atoms with E-state index in [1.165, 1.54) is 13.1 Å². The molecule has 1 rings (SSSR count). The minimum atomic E-state index is -4.74. The number of hydrogen-bond donors (Lipinski definition) is 1. The highest BCUT2D eigenvalue weighted by Crippen LogP contribution is 2.34. The fraction of sp³-hybridized carbons (Fsp3) is 0.500. The molecule has 0 aromatic heterocycles. The summed E-state index contributed by atoms with van der Waals surface area (Å²) in [4.78, 5) is 11.8. The molecule has 1 aromatic rings. The van der Waals surface area contributed by atoms with Crippen molar-refractivity contribution in [1.29, 1.82) is 0 Å². The van der Waals surface area contributed by atoms with Crippen molar-refractivity contribution in [2.45, 2.75) is 32.9 Å². The molecule has 112 valence electrons. The SMILES string of the molecule is CCC(C)(Cc1ccc(F)c(C(F)(F)F)c1)C(=O)NC. The minimum absolute atomic E-state index is 0.118. The topological polar surface area (TPSA) is 29.1 Å². The van der Waals surface area contributed by atoms with Crippen LogP contribution in [-0.4, -0.2) is 13.0 Å². The molecule has 0 fully saturated rings. The summed E-state index contributed by atoms with van der Waals surface area (Å²) in [7, 11) is 1.47. The molecule has 1 aromatic carbocycles. The largest absolute Gasteiger partial charge is 0.419 e. The average Bonchev–Trinajstić information content (AvgIpc) is 2.38. The van der Waals surface area contributed by atoms with Gasteiger partial charge in [-0.2, -0.15) is 13.2 Å². The van der Waals surface area contributed by atoms with E-state index in [1.54, 1.807) is 13.8 Å². The van der Waals surface area contributed by atoms with Crippen molar-refractivity contribution >= 4 is 5.91 Å². The van der Waals surface area contributed by atoms with Crippen LogP contribution in [0.4, 0.5) is 17.6 Å². The zero-order valence-corrected chi connectivity index (χ0v) is 11.6. The molecular weight excluding hydrogens is 274 g/mol. The van der Waals surface area contributed by atoms with Gasteiger partial charge in [0.05, 0.1) is 11.0 Å². The smallest absolute Gasteiger partial charge is 0.359 e. The van der Waals surface area contributed by atoms with E-state index < -0.39 is 23.0 Å². The van der Waals surface area contributed by atoms with Gasteiger partial charge in [-0.1, -0.05) is 19.9 Å². The number of hydrogen-bond acceptors (Lipinski definition) is 1. The maximum atomic E-state index is 13.2. The van der Waals surface area contributed by atoms with Gasteiger partial charge in [-0.3, -0.25) is 4.79 Å². The van der Waals surface area contributed by atoms with Crippen molar-refractivity contribution in [3.8, 4) is 0 Å². The molecule has 0 aliphatic heterocycles. The Morgan fingerprint density at radius 1 is 1.30 bits per heavy atom. The Morgan fingerprint density at radius 2 is 1.90 bits per heavy atom. The van der Waals surface area contributed by atoms with E-state index in [0.717, 1.165) is 12.1 Å². The number of alkyl halides is 3. The average molecular weight is 291 g/mol. The predicted octanol–water partition coefficient (Wildman–Crippen LogP) is 3.55. The van der Waals surface area contributed by atoms with E-state index in [-0.39, 0.29) is 17.9 Å². The summed E-state index contributed by atoms with van der Waals surface area (Å²) < 4.78 is 51.2. The van der Waals surface area contributed by atoms with Gasteiger partial charge in [-0.25, -0.2) is 4.39 Å². The second-order valence-electron chi connectivity index (χ2n) is 4.98. The van der Waals surface area contributed by atoms with Gasteiger partial charge in [-0.15, -0.1) is 0 Å². The summed E-state index contributed by atoms with van der Waals surface area (Å²) in [5.41, 5.74) is -1.84. The Balaban J connectivity index is 3.13. The maximum Gasteiger partial charge on any atom is 0.419 e. The third-order valence-electron chi connectivity index (χ3n) is 3.49. The van der Waals surface area contributed by atoms with Crippen LogP contribution in [0.15, 0.2) is 18.2 Å². The highest BCUT2D eigenvalue weighted by Gasteiger charge is 2.36. The van der Waals surface area contributed by atoms with Crippen LogP contribution in [-0.2, 0) is 17.4 Å². The van der Waals surface area contributed by atoms with Crippen LogP contribution in [0.1, 0.15) is 31.4 Å². The Bertz CT molecular complexity index is 498. The predicted molar refractivity (Wildman–Crippen MR) is 67.6 cm³/mol. The summed E-state index contributed by atoms with van der Waals surface area (Å²) in [6.07, 6.45) is -4.16. The molecule has 1 atom stereocenters. The van der Waals surface area contributed by atoms with Crippen molar-refractivity contribution in [1.82, 2.24) is 5.32 Å². The molecular formula is C14H17F4NO. The molecule has 0 saturated carbocycles. The number of benzene rings is 1. The second kappa shape index (κ2) is 5.81. The lowest BCUT2D eigenvalue weighted by Gasteiger charge is -2.26. The third kappa shape index (κ3) is 3.49. The fourth-order valence-corrected chi connectivity index (χ4v) is 2.02. The lowest BCUT2D eigenvalue weighted by Crippen LogP contribution is -2.38. The number of rotatable bonds is 4. The van der Waals surface area contributed by atoms with Gasteiger partial charge in [-0.05, 0) is 30.5 Å². The summed E-state index contributed by atoms with van der Waals surface area (Å²) >= 11 is 0. The maximum absolute atomic E-state index is 13.2. The van der Waals surface area contributed by atoms with E-state index in [0.29, 0.717) is 6.42 Å². The lowest BCUT2D eigenvalue weighted by atomic mass is 9.80. The molecule has 1 amide bonds. The van der Waals surface area contributed by atoms with E-state index in [2.05, 4.69) is 5.32 Å². The van der Waals surface area contributed by atoms with Crippen molar-refractivity contribution < 1.29 is 22.4 Å². The van der Waals surface area contributed by atoms with Gasteiger partial charge in [0.25, 0.3) is 0 Å². The molecule has 1 unspecified atom stereocenters. The summed E-state index contributed by atoms with van der Waals surface area (Å²) in [6.45, 7) is 3.45. The fourth-order valence-electron chi connectivity index (χ4n) is 2.02. The monoisotopic (exact) mass is 291 g/mol. The first-order chi connectivity index (χ1) is 9.14. The van der Waals surface area contributed by atoms with Gasteiger partial charge in [0.15, 0.2) is 0 Å². The summed E-state index contributed by atoms with van der Waals surface area (Å²) in [5.74, 6) is -1.56. The first-order valence-corrected chi connectivity index (χ1v) is 6.22. The molecule has 0 aliphatic rings. The molecule has 0 radical (unpaired) electrons. The Kier molecular flexibility index (Phi) is 4.78. The van der Waals surface area contributed by atoms with Gasteiger partial charge in [0.1, 0.15) is 5.82 Å². The van der Waals surface area contributed by atoms with Crippen LogP contribution in [0, 0.1) is 11.2 Å². The van der Waals surface area contributed by atoms with Crippen LogP contribution in [0.5, 0.6) is 0 Å². The van der Waals surface area contributed by atoms with E-state index in [9.17, 15) is 22.4 Å². The highest BCUT2D eigenvalue weighted by atomic mass is 19.4. The van der Waals surface area contributed by atoms with Crippen LogP contribution in [0.3, 0.4) is 0 Å². The summed E-state index contributed by atoms with van der Waals surface area (Å²) in [5, 5.41) is 2.50. The van der Waals surface area contributed by atoms with Crippen molar-refractivity contribution in [2.24, 2.45) is 5.41 Å². The molecule has 0 spiro atoms. The zero-order chi connectivity index (χ0) is 15.6. The molecule has 2 nitrogen and oxygen atoms in total. The molecule has 0 bridgehead atoms. The lowest BCUT2D eigenvalue weighted by molar-refractivity contribution is -0.140. The Labute approximate surface area is 115 Å². The molecule has 20 heavy (non-hydrogen) atoms. The number of carbonyl (C=O) groups is 1. The van der Waals surface area contributed by atoms with Crippen molar-refractivity contribution in [3.63, 3.8) is 0 Å². The number of carbonyl (C=O) groups excluding carboxylic acids is 1. The molecule has 6 heteroatoms. The van der Waals surface area contributed by atoms with Crippen LogP contribution >= 0.6 is 0 Å². The van der Waals surface area contributed by atoms with E-state index >= 15 is 0 Å². The van der Waals surface area contributed by atoms with Crippen LogP contribution in [0.25, 0.3) is 0 Å². The molecule has 0 heterocycles. The van der Waals surface area contributed by atoms with Crippen molar-refractivity contribution in [3.05, 3.63) is 35.1 Å². The summed E-state index contributed by atoms with van der Waals surface area (Å²) in [6, 6.07) is 2.84. The first-order valence-electron chi connectivity index (χ1n) is 6.22. The van der Waals surface area contributed by atoms with Gasteiger partial charge in [0, 0.05) is 7.05 Å². The normalized spacial score (nSPS) is 14.8. The van der Waals surface area contributed by atoms with Gasteiger partial charge in [0.2, 0.25) is 5.91 Å². The molecule has 1 N–H and O–H groups in total. The van der Waals surface area contributed by atoms with Crippen LogP contribution in [0.2, 0.25) is 0 Å². The highest BCUT2D eigenvalue weighted by molar-refractivity contribution is 5.82. The molecule has 0 aliphatic carbocycles. The van der Waals surface area contributed by atoms with Gasteiger partial charge >= 0.3 is 6.18 Å². The Hall–Kier alpha value is -1.59. The van der Waals surface area contributed by atoms with E-state index in [1.807, 2.05) is 0 Å². The van der Waals surface area contributed by atoms with E-state index in [4.69, 9.17) is 0 Å². The zero-order valence-electron chi connectivity index (χ0n) is 11.6. The first kappa shape index (κ1) is 16.5. The minimum Gasteiger partial charge on any atom is -0.359 e. The number of nitrogens with one attached hydrogen (secondary N) is 1. The molecule has 0 saturated heterocycles. The van der Waals surface area contributed by atoms with Gasteiger partial charge < -0.3 is 5.32 Å². The number of halogens is 4.